The van der Waals surface area contributed by atoms with E-state index in [0.29, 0.717) is 41.0 Å². The van der Waals surface area contributed by atoms with E-state index >= 15 is 0 Å². The third kappa shape index (κ3) is 5.29. The summed E-state index contributed by atoms with van der Waals surface area (Å²) in [6, 6.07) is 13.5. The van der Waals surface area contributed by atoms with Gasteiger partial charge in [0.15, 0.2) is 16.6 Å². The lowest BCUT2D eigenvalue weighted by Crippen LogP contribution is -2.29. The number of aromatic nitrogens is 2. The maximum atomic E-state index is 13.6. The van der Waals surface area contributed by atoms with E-state index in [-0.39, 0.29) is 11.3 Å². The van der Waals surface area contributed by atoms with E-state index in [1.165, 1.54) is 28.6 Å². The second-order valence-corrected chi connectivity index (χ2v) is 10.6. The van der Waals surface area contributed by atoms with Crippen molar-refractivity contribution >= 4 is 44.1 Å². The van der Waals surface area contributed by atoms with Crippen LogP contribution in [0.25, 0.3) is 16.0 Å². The van der Waals surface area contributed by atoms with Crippen LogP contribution in [0.2, 0.25) is 0 Å². The van der Waals surface area contributed by atoms with Gasteiger partial charge in [-0.3, -0.25) is 19.5 Å². The highest BCUT2D eigenvalue weighted by Crippen LogP contribution is 2.46. The second kappa shape index (κ2) is 11.9. The van der Waals surface area contributed by atoms with Crippen molar-refractivity contribution in [2.45, 2.75) is 46.1 Å². The van der Waals surface area contributed by atoms with Crippen molar-refractivity contribution < 1.29 is 24.2 Å². The third-order valence-electron chi connectivity index (χ3n) is 6.73. The Bertz CT molecular complexity index is 1580. The molecule has 1 N–H and O–H groups in total. The molecule has 0 bridgehead atoms. The summed E-state index contributed by atoms with van der Waals surface area (Å²) in [7, 11) is 0. The topological polar surface area (TPSA) is 102 Å². The van der Waals surface area contributed by atoms with E-state index in [1.807, 2.05) is 32.0 Å². The summed E-state index contributed by atoms with van der Waals surface area (Å²) in [4.78, 5) is 37.2. The zero-order valence-electron chi connectivity index (χ0n) is 22.7. The number of amides is 1. The van der Waals surface area contributed by atoms with Gasteiger partial charge < -0.3 is 14.6 Å². The van der Waals surface area contributed by atoms with E-state index in [0.717, 1.165) is 35.0 Å². The van der Waals surface area contributed by atoms with Crippen LogP contribution in [0, 0.1) is 6.92 Å². The molecule has 8 nitrogen and oxygen atoms in total. The summed E-state index contributed by atoms with van der Waals surface area (Å²) in [6.45, 7) is 6.96. The standard InChI is InChI=1S/C31H31N3O5S/c1-4-6-7-16-39-23-11-9-21(18-24(23)38-5-2)27-26(28(35)20-12-14-32-15-13-20)29(36)30(37)34(27)31-33-22-10-8-19(3)17-25(22)40-31/h8-15,17-18,27,35H,4-7,16H2,1-3H3/b28-26+. The number of Topliss-reactive ketones (excluding diaryl/α,β-unsaturated/α-hetero) is 1. The fraction of sp³-hybridized carbons (Fsp3) is 0.290. The number of ketones is 1. The molecule has 1 saturated heterocycles. The number of benzene rings is 2. The minimum absolute atomic E-state index is 0.0225. The number of ether oxygens (including phenoxy) is 2. The number of nitrogens with zero attached hydrogens (tertiary/aromatic N) is 3. The first-order chi connectivity index (χ1) is 19.4. The van der Waals surface area contributed by atoms with Crippen molar-refractivity contribution in [2.24, 2.45) is 0 Å². The summed E-state index contributed by atoms with van der Waals surface area (Å²) in [6.07, 6.45) is 6.11. The quantitative estimate of drug-likeness (QED) is 0.102. The summed E-state index contributed by atoms with van der Waals surface area (Å²) in [5, 5.41) is 11.7. The van der Waals surface area contributed by atoms with Crippen molar-refractivity contribution in [1.82, 2.24) is 9.97 Å². The molecule has 4 aromatic rings. The fourth-order valence-corrected chi connectivity index (χ4v) is 5.84. The number of anilines is 1. The van der Waals surface area contributed by atoms with Crippen LogP contribution in [0.3, 0.4) is 0 Å². The van der Waals surface area contributed by atoms with E-state index in [1.54, 1.807) is 30.3 Å². The lowest BCUT2D eigenvalue weighted by molar-refractivity contribution is -0.132. The van der Waals surface area contributed by atoms with Crippen molar-refractivity contribution in [3.63, 3.8) is 0 Å². The molecule has 1 atom stereocenters. The first-order valence-corrected chi connectivity index (χ1v) is 14.2. The number of rotatable bonds is 10. The van der Waals surface area contributed by atoms with E-state index < -0.39 is 17.7 Å². The van der Waals surface area contributed by atoms with Gasteiger partial charge in [0.1, 0.15) is 5.76 Å². The molecular formula is C31H31N3O5S. The van der Waals surface area contributed by atoms with Gasteiger partial charge in [-0.15, -0.1) is 0 Å². The molecule has 5 rings (SSSR count). The molecule has 1 aliphatic rings. The number of unbranched alkanes of at least 4 members (excludes halogenated alkanes) is 2. The number of aryl methyl sites for hydroxylation is 1. The van der Waals surface area contributed by atoms with Crippen molar-refractivity contribution in [3.8, 4) is 11.5 Å². The van der Waals surface area contributed by atoms with Crippen molar-refractivity contribution in [1.29, 1.82) is 0 Å². The first-order valence-electron chi connectivity index (χ1n) is 13.4. The molecule has 1 amide bonds. The van der Waals surface area contributed by atoms with Crippen LogP contribution in [0.4, 0.5) is 5.13 Å². The van der Waals surface area contributed by atoms with Gasteiger partial charge in [-0.05, 0) is 67.8 Å². The van der Waals surface area contributed by atoms with Gasteiger partial charge in [-0.1, -0.05) is 43.2 Å². The molecule has 1 fully saturated rings. The van der Waals surface area contributed by atoms with Crippen molar-refractivity contribution in [2.75, 3.05) is 18.1 Å². The Morgan fingerprint density at radius 2 is 1.80 bits per heavy atom. The number of aliphatic hydroxyl groups is 1. The Labute approximate surface area is 236 Å². The molecule has 206 valence electrons. The summed E-state index contributed by atoms with van der Waals surface area (Å²) in [5.74, 6) is -0.723. The SMILES string of the molecule is CCCCCOc1ccc(C2/C(=C(\O)c3ccncc3)C(=O)C(=O)N2c2nc3ccc(C)cc3s2)cc1OCC. The number of aliphatic hydroxyl groups excluding tert-OH is 1. The number of hydrogen-bond acceptors (Lipinski definition) is 8. The van der Waals surface area contributed by atoms with E-state index in [2.05, 4.69) is 11.9 Å². The highest BCUT2D eigenvalue weighted by Gasteiger charge is 2.48. The van der Waals surface area contributed by atoms with Gasteiger partial charge in [0.05, 0.1) is 35.0 Å². The first kappa shape index (κ1) is 27.3. The number of fused-ring (bicyclic) bond motifs is 1. The molecular weight excluding hydrogens is 526 g/mol. The van der Waals surface area contributed by atoms with Crippen LogP contribution in [0.5, 0.6) is 11.5 Å². The molecule has 0 radical (unpaired) electrons. The van der Waals surface area contributed by atoms with Crippen LogP contribution in [-0.4, -0.2) is 40.0 Å². The number of pyridine rings is 1. The normalized spacial score (nSPS) is 16.6. The molecule has 0 aliphatic carbocycles. The molecule has 1 unspecified atom stereocenters. The Morgan fingerprint density at radius 3 is 2.55 bits per heavy atom. The molecule has 0 saturated carbocycles. The average Bonchev–Trinajstić information content (AvgIpc) is 3.49. The number of carbonyl (C=O) groups excluding carboxylic acids is 2. The van der Waals surface area contributed by atoms with Crippen LogP contribution in [0.15, 0.2) is 66.5 Å². The molecule has 0 spiro atoms. The summed E-state index contributed by atoms with van der Waals surface area (Å²) < 4.78 is 12.8. The second-order valence-electron chi connectivity index (χ2n) is 9.57. The predicted molar refractivity (Wildman–Crippen MR) is 156 cm³/mol. The Kier molecular flexibility index (Phi) is 8.11. The van der Waals surface area contributed by atoms with E-state index in [9.17, 15) is 14.7 Å². The minimum atomic E-state index is -0.928. The molecule has 3 heterocycles. The monoisotopic (exact) mass is 557 g/mol. The Morgan fingerprint density at radius 1 is 1.00 bits per heavy atom. The Balaban J connectivity index is 1.65. The van der Waals surface area contributed by atoms with Crippen molar-refractivity contribution in [3.05, 3.63) is 83.2 Å². The average molecular weight is 558 g/mol. The highest BCUT2D eigenvalue weighted by atomic mass is 32.1. The largest absolute Gasteiger partial charge is 0.507 e. The number of hydrogen-bond donors (Lipinski definition) is 1. The zero-order chi connectivity index (χ0) is 28.2. The van der Waals surface area contributed by atoms with Crippen LogP contribution in [0.1, 0.15) is 55.8 Å². The van der Waals surface area contributed by atoms with Crippen LogP contribution >= 0.6 is 11.3 Å². The fourth-order valence-electron chi connectivity index (χ4n) is 4.75. The van der Waals surface area contributed by atoms with Crippen LogP contribution in [-0.2, 0) is 9.59 Å². The molecule has 9 heteroatoms. The van der Waals surface area contributed by atoms with Gasteiger partial charge in [-0.2, -0.15) is 0 Å². The molecule has 1 aliphatic heterocycles. The van der Waals surface area contributed by atoms with Gasteiger partial charge in [-0.25, -0.2) is 4.98 Å². The highest BCUT2D eigenvalue weighted by molar-refractivity contribution is 7.22. The number of carbonyl (C=O) groups is 2. The van der Waals surface area contributed by atoms with Gasteiger partial charge in [0.2, 0.25) is 0 Å². The smallest absolute Gasteiger partial charge is 0.301 e. The zero-order valence-corrected chi connectivity index (χ0v) is 23.5. The maximum absolute atomic E-state index is 13.6. The van der Waals surface area contributed by atoms with Crippen LogP contribution < -0.4 is 14.4 Å². The molecule has 2 aromatic heterocycles. The predicted octanol–water partition coefficient (Wildman–Crippen LogP) is 6.59. The lowest BCUT2D eigenvalue weighted by Gasteiger charge is -2.24. The third-order valence-corrected chi connectivity index (χ3v) is 7.74. The van der Waals surface area contributed by atoms with Gasteiger partial charge in [0, 0.05) is 18.0 Å². The molecule has 2 aromatic carbocycles. The van der Waals surface area contributed by atoms with Gasteiger partial charge in [0.25, 0.3) is 5.78 Å². The summed E-state index contributed by atoms with van der Waals surface area (Å²) >= 11 is 1.33. The lowest BCUT2D eigenvalue weighted by atomic mass is 9.95. The maximum Gasteiger partial charge on any atom is 0.301 e. The van der Waals surface area contributed by atoms with E-state index in [4.69, 9.17) is 14.5 Å². The number of thiazole rings is 1. The Hall–Kier alpha value is -4.24. The molecule has 40 heavy (non-hydrogen) atoms. The summed E-state index contributed by atoms with van der Waals surface area (Å²) in [5.41, 5.74) is 2.75. The van der Waals surface area contributed by atoms with Gasteiger partial charge >= 0.3 is 5.91 Å². The minimum Gasteiger partial charge on any atom is -0.507 e.